The van der Waals surface area contributed by atoms with E-state index in [-0.39, 0.29) is 12.4 Å². The molecule has 3 rings (SSSR count). The predicted molar refractivity (Wildman–Crippen MR) is 83.1 cm³/mol. The molecule has 0 bridgehead atoms. The third-order valence-corrected chi connectivity index (χ3v) is 4.87. The number of rotatable bonds is 2. The fourth-order valence-corrected chi connectivity index (χ4v) is 3.59. The molecule has 2 heterocycles. The summed E-state index contributed by atoms with van der Waals surface area (Å²) in [7, 11) is 0. The molecule has 22 heavy (non-hydrogen) atoms. The lowest BCUT2D eigenvalue weighted by atomic mass is 9.78. The van der Waals surface area contributed by atoms with Gasteiger partial charge in [0.1, 0.15) is 0 Å². The van der Waals surface area contributed by atoms with E-state index in [1.54, 1.807) is 12.1 Å². The number of piperidine rings is 1. The molecule has 1 N–H and O–H groups in total. The van der Waals surface area contributed by atoms with Gasteiger partial charge in [0.25, 0.3) is 0 Å². The number of likely N-dealkylation sites (tertiary alicyclic amines) is 1. The van der Waals surface area contributed by atoms with Gasteiger partial charge in [-0.2, -0.15) is 13.2 Å². The van der Waals surface area contributed by atoms with E-state index in [2.05, 4.69) is 10.2 Å². The van der Waals surface area contributed by atoms with Crippen LogP contribution in [0.5, 0.6) is 0 Å². The standard InChI is InChI=1S/C16H21F3N2.ClH/c17-16(18,19)14-3-1-13(2-4-14)11-21-10-7-15(12-21)5-8-20-9-6-15;/h1-4,20H,5-12H2;1H. The van der Waals surface area contributed by atoms with Gasteiger partial charge in [0.05, 0.1) is 5.56 Å². The maximum Gasteiger partial charge on any atom is 0.416 e. The maximum atomic E-state index is 12.5. The average molecular weight is 335 g/mol. The Bertz CT molecular complexity index is 481. The lowest BCUT2D eigenvalue weighted by Crippen LogP contribution is -2.38. The summed E-state index contributed by atoms with van der Waals surface area (Å²) in [6, 6.07) is 5.59. The minimum absolute atomic E-state index is 0. The monoisotopic (exact) mass is 334 g/mol. The molecule has 1 aromatic rings. The van der Waals surface area contributed by atoms with Gasteiger partial charge in [0.2, 0.25) is 0 Å². The van der Waals surface area contributed by atoms with Crippen molar-refractivity contribution in [2.24, 2.45) is 5.41 Å². The number of hydrogen-bond acceptors (Lipinski definition) is 2. The summed E-state index contributed by atoms with van der Waals surface area (Å²) in [6.07, 6.45) is -0.590. The second-order valence-corrected chi connectivity index (χ2v) is 6.41. The first-order valence-corrected chi connectivity index (χ1v) is 7.56. The summed E-state index contributed by atoms with van der Waals surface area (Å²) in [6.45, 7) is 5.08. The smallest absolute Gasteiger partial charge is 0.317 e. The molecule has 0 unspecified atom stereocenters. The van der Waals surface area contributed by atoms with Crippen LogP contribution in [0.1, 0.15) is 30.4 Å². The Morgan fingerprint density at radius 2 is 1.68 bits per heavy atom. The van der Waals surface area contributed by atoms with E-state index in [4.69, 9.17) is 0 Å². The van der Waals surface area contributed by atoms with Crippen LogP contribution in [0.2, 0.25) is 0 Å². The highest BCUT2D eigenvalue weighted by atomic mass is 35.5. The van der Waals surface area contributed by atoms with Crippen LogP contribution in [0.3, 0.4) is 0 Å². The van der Waals surface area contributed by atoms with Crippen molar-refractivity contribution in [1.29, 1.82) is 0 Å². The van der Waals surface area contributed by atoms with Crippen molar-refractivity contribution in [2.75, 3.05) is 26.2 Å². The van der Waals surface area contributed by atoms with Gasteiger partial charge in [-0.05, 0) is 62.0 Å². The molecule has 0 radical (unpaired) electrons. The molecule has 2 saturated heterocycles. The molecule has 2 aliphatic heterocycles. The highest BCUT2D eigenvalue weighted by Crippen LogP contribution is 2.39. The molecule has 0 amide bonds. The normalized spacial score (nSPS) is 21.8. The van der Waals surface area contributed by atoms with Crippen molar-refractivity contribution in [3.63, 3.8) is 0 Å². The molecule has 0 aliphatic carbocycles. The van der Waals surface area contributed by atoms with Gasteiger partial charge >= 0.3 is 6.18 Å². The quantitative estimate of drug-likeness (QED) is 0.887. The third kappa shape index (κ3) is 3.94. The largest absolute Gasteiger partial charge is 0.416 e. The molecular weight excluding hydrogens is 313 g/mol. The van der Waals surface area contributed by atoms with Gasteiger partial charge in [0, 0.05) is 13.1 Å². The molecule has 2 aliphatic rings. The zero-order valence-corrected chi connectivity index (χ0v) is 13.3. The summed E-state index contributed by atoms with van der Waals surface area (Å²) >= 11 is 0. The number of alkyl halides is 3. The van der Waals surface area contributed by atoms with E-state index in [0.717, 1.165) is 38.3 Å². The maximum absolute atomic E-state index is 12.5. The van der Waals surface area contributed by atoms with Gasteiger partial charge in [0.15, 0.2) is 0 Å². The van der Waals surface area contributed by atoms with Crippen molar-refractivity contribution in [3.05, 3.63) is 35.4 Å². The fourth-order valence-electron chi connectivity index (χ4n) is 3.59. The average Bonchev–Trinajstić information content (AvgIpc) is 2.82. The Hall–Kier alpha value is -0.780. The SMILES string of the molecule is Cl.FC(F)(F)c1ccc(CN2CCC3(CCNCC3)C2)cc1. The predicted octanol–water partition coefficient (Wildman–Crippen LogP) is 3.70. The van der Waals surface area contributed by atoms with E-state index >= 15 is 0 Å². The molecule has 2 nitrogen and oxygen atoms in total. The summed E-state index contributed by atoms with van der Waals surface area (Å²) in [4.78, 5) is 2.38. The molecule has 1 aromatic carbocycles. The highest BCUT2D eigenvalue weighted by molar-refractivity contribution is 5.85. The lowest BCUT2D eigenvalue weighted by molar-refractivity contribution is -0.137. The number of nitrogens with zero attached hydrogens (tertiary/aromatic N) is 1. The van der Waals surface area contributed by atoms with Crippen molar-refractivity contribution in [3.8, 4) is 0 Å². The summed E-state index contributed by atoms with van der Waals surface area (Å²) in [5, 5.41) is 3.40. The second kappa shape index (κ2) is 6.77. The first-order valence-electron chi connectivity index (χ1n) is 7.56. The van der Waals surface area contributed by atoms with E-state index in [0.29, 0.717) is 5.41 Å². The van der Waals surface area contributed by atoms with Crippen molar-refractivity contribution < 1.29 is 13.2 Å². The Balaban J connectivity index is 0.00000176. The molecule has 6 heteroatoms. The van der Waals surface area contributed by atoms with Crippen molar-refractivity contribution in [1.82, 2.24) is 10.2 Å². The van der Waals surface area contributed by atoms with E-state index in [1.807, 2.05) is 0 Å². The van der Waals surface area contributed by atoms with Gasteiger partial charge in [-0.15, -0.1) is 12.4 Å². The topological polar surface area (TPSA) is 15.3 Å². The van der Waals surface area contributed by atoms with Crippen LogP contribution < -0.4 is 5.32 Å². The van der Waals surface area contributed by atoms with Crippen LogP contribution in [-0.2, 0) is 12.7 Å². The number of nitrogens with one attached hydrogen (secondary N) is 1. The van der Waals surface area contributed by atoms with Gasteiger partial charge in [-0.3, -0.25) is 4.90 Å². The van der Waals surface area contributed by atoms with Crippen LogP contribution in [-0.4, -0.2) is 31.1 Å². The third-order valence-electron chi connectivity index (χ3n) is 4.87. The summed E-state index contributed by atoms with van der Waals surface area (Å²) < 4.78 is 37.6. The molecule has 0 atom stereocenters. The lowest BCUT2D eigenvalue weighted by Gasteiger charge is -2.33. The molecular formula is C16H22ClF3N2. The van der Waals surface area contributed by atoms with Crippen LogP contribution in [0.25, 0.3) is 0 Å². The zero-order valence-electron chi connectivity index (χ0n) is 12.5. The van der Waals surface area contributed by atoms with E-state index in [1.165, 1.54) is 31.4 Å². The molecule has 0 saturated carbocycles. The number of hydrogen-bond donors (Lipinski definition) is 1. The molecule has 1 spiro atoms. The Kier molecular flexibility index (Phi) is 5.41. The van der Waals surface area contributed by atoms with Crippen LogP contribution in [0, 0.1) is 5.41 Å². The van der Waals surface area contributed by atoms with Gasteiger partial charge in [-0.1, -0.05) is 12.1 Å². The van der Waals surface area contributed by atoms with Crippen LogP contribution >= 0.6 is 12.4 Å². The van der Waals surface area contributed by atoms with E-state index < -0.39 is 11.7 Å². The second-order valence-electron chi connectivity index (χ2n) is 6.41. The minimum Gasteiger partial charge on any atom is -0.317 e. The number of benzene rings is 1. The Morgan fingerprint density at radius 3 is 2.27 bits per heavy atom. The van der Waals surface area contributed by atoms with Gasteiger partial charge in [-0.25, -0.2) is 0 Å². The summed E-state index contributed by atoms with van der Waals surface area (Å²) in [5.74, 6) is 0. The molecule has 2 fully saturated rings. The first-order chi connectivity index (χ1) is 9.97. The number of halogens is 4. The summed E-state index contributed by atoms with van der Waals surface area (Å²) in [5.41, 5.74) is 0.841. The first kappa shape index (κ1) is 17.6. The van der Waals surface area contributed by atoms with Crippen LogP contribution in [0.4, 0.5) is 13.2 Å². The van der Waals surface area contributed by atoms with Crippen molar-refractivity contribution in [2.45, 2.75) is 32.0 Å². The minimum atomic E-state index is -4.24. The highest BCUT2D eigenvalue weighted by Gasteiger charge is 2.38. The van der Waals surface area contributed by atoms with Crippen molar-refractivity contribution >= 4 is 12.4 Å². The van der Waals surface area contributed by atoms with Crippen LogP contribution in [0.15, 0.2) is 24.3 Å². The Morgan fingerprint density at radius 1 is 1.05 bits per heavy atom. The fraction of sp³-hybridized carbons (Fsp3) is 0.625. The van der Waals surface area contributed by atoms with Gasteiger partial charge < -0.3 is 5.32 Å². The van der Waals surface area contributed by atoms with E-state index in [9.17, 15) is 13.2 Å². The molecule has 0 aromatic heterocycles. The Labute approximate surface area is 135 Å². The molecule has 124 valence electrons. The zero-order chi connectivity index (χ0) is 14.9.